The summed E-state index contributed by atoms with van der Waals surface area (Å²) < 4.78 is 11.2. The Balaban J connectivity index is 1.59. The number of unbranched alkanes of at least 4 members (excludes halogenated alkanes) is 5. The first kappa shape index (κ1) is 18.1. The van der Waals surface area contributed by atoms with Crippen LogP contribution in [0.3, 0.4) is 0 Å². The number of hydrogen-bond acceptors (Lipinski definition) is 2. The monoisotopic (exact) mass is 316 g/mol. The number of allylic oxidation sites excluding steroid dienone is 2. The van der Waals surface area contributed by atoms with Crippen molar-refractivity contribution in [3.05, 3.63) is 42.0 Å². The van der Waals surface area contributed by atoms with Gasteiger partial charge in [-0.2, -0.15) is 0 Å². The normalized spacial score (nSPS) is 20.1. The summed E-state index contributed by atoms with van der Waals surface area (Å²) in [4.78, 5) is 0. The number of rotatable bonds is 12. The summed E-state index contributed by atoms with van der Waals surface area (Å²) >= 11 is 0. The van der Waals surface area contributed by atoms with Gasteiger partial charge in [0.15, 0.2) is 0 Å². The van der Waals surface area contributed by atoms with Crippen LogP contribution in [0.2, 0.25) is 0 Å². The van der Waals surface area contributed by atoms with Gasteiger partial charge in [0, 0.05) is 0 Å². The molecule has 2 rings (SSSR count). The molecule has 1 aliphatic heterocycles. The van der Waals surface area contributed by atoms with E-state index in [9.17, 15) is 0 Å². The van der Waals surface area contributed by atoms with E-state index in [4.69, 9.17) is 9.47 Å². The molecule has 1 aromatic rings. The fraction of sp³-hybridized carbons (Fsp3) is 0.619. The largest absolute Gasteiger partial charge is 0.490 e. The summed E-state index contributed by atoms with van der Waals surface area (Å²) in [5, 5.41) is 0. The van der Waals surface area contributed by atoms with Crippen LogP contribution in [0.25, 0.3) is 0 Å². The highest BCUT2D eigenvalue weighted by molar-refractivity contribution is 5.28. The first-order valence-corrected chi connectivity index (χ1v) is 9.22. The van der Waals surface area contributed by atoms with Crippen molar-refractivity contribution in [2.45, 2.75) is 70.8 Å². The zero-order valence-electron chi connectivity index (χ0n) is 14.9. The third-order valence-electron chi connectivity index (χ3n) is 4.31. The lowest BCUT2D eigenvalue weighted by Gasteiger charge is -2.10. The highest BCUT2D eigenvalue weighted by atomic mass is 16.6. The lowest BCUT2D eigenvalue weighted by atomic mass is 10.1. The fourth-order valence-electron chi connectivity index (χ4n) is 2.58. The molecule has 0 amide bonds. The second-order valence-electron chi connectivity index (χ2n) is 6.89. The van der Waals surface area contributed by atoms with Gasteiger partial charge in [-0.15, -0.1) is 0 Å². The van der Waals surface area contributed by atoms with Crippen molar-refractivity contribution in [2.24, 2.45) is 0 Å². The molecule has 2 nitrogen and oxygen atoms in total. The van der Waals surface area contributed by atoms with Crippen LogP contribution in [-0.2, 0) is 11.2 Å². The lowest BCUT2D eigenvalue weighted by Crippen LogP contribution is -2.16. The summed E-state index contributed by atoms with van der Waals surface area (Å²) in [6.45, 7) is 5.82. The number of epoxide rings is 1. The predicted octanol–water partition coefficient (Wildman–Crippen LogP) is 5.70. The Hall–Kier alpha value is -1.28. The molecular formula is C21H32O2. The topological polar surface area (TPSA) is 21.8 Å². The minimum atomic E-state index is -0.0437. The quantitative estimate of drug-likeness (QED) is 0.280. The molecule has 0 spiro atoms. The van der Waals surface area contributed by atoms with Crippen LogP contribution in [0.5, 0.6) is 5.75 Å². The van der Waals surface area contributed by atoms with E-state index in [1.807, 2.05) is 6.07 Å². The molecule has 0 saturated carbocycles. The lowest BCUT2D eigenvalue weighted by molar-refractivity contribution is 0.202. The van der Waals surface area contributed by atoms with Gasteiger partial charge in [0.2, 0.25) is 0 Å². The molecule has 1 aliphatic rings. The van der Waals surface area contributed by atoms with Gasteiger partial charge in [-0.05, 0) is 56.7 Å². The molecule has 1 atom stereocenters. The second kappa shape index (κ2) is 9.77. The van der Waals surface area contributed by atoms with Gasteiger partial charge in [0.05, 0.1) is 6.61 Å². The SMILES string of the molecule is CCCCCC/C=C/CCCc1cccc(OCC2(C)CO2)c1. The zero-order valence-corrected chi connectivity index (χ0v) is 14.9. The second-order valence-corrected chi connectivity index (χ2v) is 6.89. The first-order valence-electron chi connectivity index (χ1n) is 9.22. The summed E-state index contributed by atoms with van der Waals surface area (Å²) in [7, 11) is 0. The number of aryl methyl sites for hydroxylation is 1. The van der Waals surface area contributed by atoms with Gasteiger partial charge in [-0.3, -0.25) is 0 Å². The Morgan fingerprint density at radius 3 is 2.65 bits per heavy atom. The Kier molecular flexibility index (Phi) is 7.67. The zero-order chi connectivity index (χ0) is 16.4. The van der Waals surface area contributed by atoms with E-state index in [1.54, 1.807) is 0 Å². The maximum absolute atomic E-state index is 5.83. The maximum atomic E-state index is 5.83. The molecule has 0 radical (unpaired) electrons. The van der Waals surface area contributed by atoms with Crippen LogP contribution in [0.1, 0.15) is 64.4 Å². The van der Waals surface area contributed by atoms with E-state index in [2.05, 4.69) is 44.2 Å². The number of hydrogen-bond donors (Lipinski definition) is 0. The smallest absolute Gasteiger partial charge is 0.123 e. The van der Waals surface area contributed by atoms with Crippen LogP contribution in [0.15, 0.2) is 36.4 Å². The van der Waals surface area contributed by atoms with Gasteiger partial charge in [0.1, 0.15) is 18.0 Å². The summed E-state index contributed by atoms with van der Waals surface area (Å²) in [6, 6.07) is 8.48. The Labute approximate surface area is 141 Å². The van der Waals surface area contributed by atoms with E-state index in [0.717, 1.165) is 18.8 Å². The molecule has 1 saturated heterocycles. The van der Waals surface area contributed by atoms with Crippen LogP contribution in [0.4, 0.5) is 0 Å². The highest BCUT2D eigenvalue weighted by Gasteiger charge is 2.40. The molecule has 23 heavy (non-hydrogen) atoms. The van der Waals surface area contributed by atoms with Crippen molar-refractivity contribution < 1.29 is 9.47 Å². The summed E-state index contributed by atoms with van der Waals surface area (Å²) in [5.74, 6) is 0.964. The van der Waals surface area contributed by atoms with E-state index in [1.165, 1.54) is 50.5 Å². The molecule has 2 heteroatoms. The van der Waals surface area contributed by atoms with E-state index in [-0.39, 0.29) is 5.60 Å². The average Bonchev–Trinajstić information content (AvgIpc) is 3.30. The Bertz CT molecular complexity index is 474. The van der Waals surface area contributed by atoms with E-state index in [0.29, 0.717) is 6.61 Å². The van der Waals surface area contributed by atoms with Crippen molar-refractivity contribution >= 4 is 0 Å². The molecule has 1 heterocycles. The van der Waals surface area contributed by atoms with E-state index < -0.39 is 0 Å². The summed E-state index contributed by atoms with van der Waals surface area (Å²) in [5.41, 5.74) is 1.32. The molecule has 128 valence electrons. The van der Waals surface area contributed by atoms with Crippen LogP contribution in [-0.4, -0.2) is 18.8 Å². The fourth-order valence-corrected chi connectivity index (χ4v) is 2.58. The van der Waals surface area contributed by atoms with Crippen molar-refractivity contribution in [1.82, 2.24) is 0 Å². The van der Waals surface area contributed by atoms with Gasteiger partial charge < -0.3 is 9.47 Å². The molecule has 1 unspecified atom stereocenters. The van der Waals surface area contributed by atoms with Crippen molar-refractivity contribution in [2.75, 3.05) is 13.2 Å². The van der Waals surface area contributed by atoms with E-state index >= 15 is 0 Å². The Morgan fingerprint density at radius 2 is 1.91 bits per heavy atom. The molecule has 0 bridgehead atoms. The number of ether oxygens (including phenoxy) is 2. The summed E-state index contributed by atoms with van der Waals surface area (Å²) in [6.07, 6.45) is 14.8. The average molecular weight is 316 g/mol. The van der Waals surface area contributed by atoms with Crippen molar-refractivity contribution in [3.8, 4) is 5.75 Å². The standard InChI is InChI=1S/C21H32O2/c1-3-4-5-6-7-8-9-10-11-13-19-14-12-15-20(16-19)22-17-21(2)18-23-21/h8-9,12,14-16H,3-7,10-11,13,17-18H2,1-2H3/b9-8+. The van der Waals surface area contributed by atoms with Gasteiger partial charge >= 0.3 is 0 Å². The minimum Gasteiger partial charge on any atom is -0.490 e. The third-order valence-corrected chi connectivity index (χ3v) is 4.31. The predicted molar refractivity (Wildman–Crippen MR) is 97.1 cm³/mol. The van der Waals surface area contributed by atoms with Crippen LogP contribution in [0, 0.1) is 0 Å². The first-order chi connectivity index (χ1) is 11.2. The van der Waals surface area contributed by atoms with Gasteiger partial charge in [-0.1, -0.05) is 50.5 Å². The molecule has 1 aromatic carbocycles. The third kappa shape index (κ3) is 7.69. The molecule has 0 N–H and O–H groups in total. The molecular weight excluding hydrogens is 284 g/mol. The molecule has 1 fully saturated rings. The molecule has 0 aliphatic carbocycles. The molecule has 0 aromatic heterocycles. The van der Waals surface area contributed by atoms with Crippen LogP contribution < -0.4 is 4.74 Å². The highest BCUT2D eigenvalue weighted by Crippen LogP contribution is 2.27. The minimum absolute atomic E-state index is 0.0437. The maximum Gasteiger partial charge on any atom is 0.123 e. The van der Waals surface area contributed by atoms with Gasteiger partial charge in [-0.25, -0.2) is 0 Å². The Morgan fingerprint density at radius 1 is 1.13 bits per heavy atom. The number of benzene rings is 1. The van der Waals surface area contributed by atoms with Gasteiger partial charge in [0.25, 0.3) is 0 Å². The van der Waals surface area contributed by atoms with Crippen LogP contribution >= 0.6 is 0 Å². The van der Waals surface area contributed by atoms with Crippen molar-refractivity contribution in [1.29, 1.82) is 0 Å². The van der Waals surface area contributed by atoms with Crippen molar-refractivity contribution in [3.63, 3.8) is 0 Å².